The summed E-state index contributed by atoms with van der Waals surface area (Å²) >= 11 is 0. The Morgan fingerprint density at radius 1 is 0.912 bits per heavy atom. The molecule has 9 heteroatoms. The minimum Gasteiger partial charge on any atom is -0.324 e. The van der Waals surface area contributed by atoms with Crippen LogP contribution < -0.4 is 11.1 Å². The van der Waals surface area contributed by atoms with Crippen LogP contribution in [0.2, 0.25) is 0 Å². The number of anilines is 1. The SMILES string of the molecule is C[C@](N)(CO[P+](O)(O)O)C(=O)Nc1ccc(C(=O)CCc2ccc(-c3ccccc3)cc2)cc1. The summed E-state index contributed by atoms with van der Waals surface area (Å²) in [5.74, 6) is -0.671. The van der Waals surface area contributed by atoms with Crippen molar-refractivity contribution in [2.75, 3.05) is 11.9 Å². The van der Waals surface area contributed by atoms with Gasteiger partial charge in [-0.05, 0) is 54.3 Å². The second-order valence-electron chi connectivity index (χ2n) is 8.22. The van der Waals surface area contributed by atoms with E-state index < -0.39 is 26.2 Å². The van der Waals surface area contributed by atoms with Gasteiger partial charge in [0.05, 0.1) is 0 Å². The lowest BCUT2D eigenvalue weighted by Gasteiger charge is -2.22. The van der Waals surface area contributed by atoms with Gasteiger partial charge in [-0.15, -0.1) is 0 Å². The van der Waals surface area contributed by atoms with E-state index in [0.717, 1.165) is 16.7 Å². The summed E-state index contributed by atoms with van der Waals surface area (Å²) in [6, 6.07) is 24.6. The zero-order valence-electron chi connectivity index (χ0n) is 18.7. The Morgan fingerprint density at radius 2 is 1.50 bits per heavy atom. The van der Waals surface area contributed by atoms with Crippen molar-refractivity contribution in [2.45, 2.75) is 25.3 Å². The van der Waals surface area contributed by atoms with Crippen LogP contribution in [0.1, 0.15) is 29.3 Å². The van der Waals surface area contributed by atoms with Crippen molar-refractivity contribution in [3.63, 3.8) is 0 Å². The molecule has 0 aromatic heterocycles. The van der Waals surface area contributed by atoms with Crippen LogP contribution >= 0.6 is 8.17 Å². The number of nitrogens with two attached hydrogens (primary N) is 1. The van der Waals surface area contributed by atoms with Gasteiger partial charge in [-0.1, -0.05) is 54.6 Å². The lowest BCUT2D eigenvalue weighted by molar-refractivity contribution is -0.121. The number of ketones is 1. The number of rotatable bonds is 10. The molecule has 0 aliphatic heterocycles. The van der Waals surface area contributed by atoms with Crippen LogP contribution in [0.25, 0.3) is 11.1 Å². The first-order chi connectivity index (χ1) is 16.0. The normalized spacial score (nSPS) is 13.2. The van der Waals surface area contributed by atoms with Crippen LogP contribution in [0.15, 0.2) is 78.9 Å². The Hall–Kier alpha value is -2.97. The molecule has 34 heavy (non-hydrogen) atoms. The van der Waals surface area contributed by atoms with Crippen LogP contribution in [0.3, 0.4) is 0 Å². The number of carbonyl (C=O) groups is 2. The number of hydrogen-bond acceptors (Lipinski definition) is 7. The number of hydrogen-bond donors (Lipinski definition) is 5. The predicted molar refractivity (Wildman–Crippen MR) is 132 cm³/mol. The minimum atomic E-state index is -4.50. The van der Waals surface area contributed by atoms with Crippen molar-refractivity contribution in [1.29, 1.82) is 0 Å². The summed E-state index contributed by atoms with van der Waals surface area (Å²) in [5, 5.41) is 2.57. The molecule has 0 saturated carbocycles. The van der Waals surface area contributed by atoms with Crippen molar-refractivity contribution in [1.82, 2.24) is 0 Å². The smallest absolute Gasteiger partial charge is 0.324 e. The van der Waals surface area contributed by atoms with Gasteiger partial charge in [-0.3, -0.25) is 9.59 Å². The molecule has 3 aromatic rings. The van der Waals surface area contributed by atoms with E-state index in [4.69, 9.17) is 20.4 Å². The largest absolute Gasteiger partial charge is 0.567 e. The molecule has 0 aliphatic rings. The number of aryl methyl sites for hydroxylation is 1. The number of carbonyl (C=O) groups excluding carboxylic acids is 2. The van der Waals surface area contributed by atoms with Gasteiger partial charge in [0.15, 0.2) is 5.78 Å². The summed E-state index contributed by atoms with van der Waals surface area (Å²) in [6.07, 6.45) is 0.964. The van der Waals surface area contributed by atoms with Gasteiger partial charge < -0.3 is 11.1 Å². The second kappa shape index (κ2) is 11.0. The first-order valence-electron chi connectivity index (χ1n) is 10.6. The zero-order valence-corrected chi connectivity index (χ0v) is 19.6. The van der Waals surface area contributed by atoms with Crippen LogP contribution in [-0.2, 0) is 15.7 Å². The van der Waals surface area contributed by atoms with Crippen LogP contribution in [-0.4, -0.2) is 38.5 Å². The quantitative estimate of drug-likeness (QED) is 0.219. The highest BCUT2D eigenvalue weighted by molar-refractivity contribution is 7.53. The predicted octanol–water partition coefficient (Wildman–Crippen LogP) is 3.50. The fourth-order valence-corrected chi connectivity index (χ4v) is 3.64. The van der Waals surface area contributed by atoms with E-state index in [-0.39, 0.29) is 5.78 Å². The highest BCUT2D eigenvalue weighted by atomic mass is 31.2. The minimum absolute atomic E-state index is 0.0174. The van der Waals surface area contributed by atoms with Crippen LogP contribution in [0, 0.1) is 0 Å². The van der Waals surface area contributed by atoms with E-state index in [1.807, 2.05) is 42.5 Å². The van der Waals surface area contributed by atoms with E-state index in [0.29, 0.717) is 24.1 Å². The van der Waals surface area contributed by atoms with Crippen molar-refractivity contribution < 1.29 is 28.8 Å². The highest BCUT2D eigenvalue weighted by Crippen LogP contribution is 2.46. The van der Waals surface area contributed by atoms with Gasteiger partial charge in [-0.25, -0.2) is 0 Å². The van der Waals surface area contributed by atoms with Gasteiger partial charge in [0.25, 0.3) is 0 Å². The summed E-state index contributed by atoms with van der Waals surface area (Å²) in [6.45, 7) is 0.723. The average molecular weight is 483 g/mol. The Balaban J connectivity index is 1.52. The molecule has 0 radical (unpaired) electrons. The van der Waals surface area contributed by atoms with E-state index in [1.54, 1.807) is 24.3 Å². The molecule has 178 valence electrons. The molecule has 1 amide bonds. The van der Waals surface area contributed by atoms with E-state index >= 15 is 0 Å². The van der Waals surface area contributed by atoms with Gasteiger partial charge in [0.1, 0.15) is 12.1 Å². The molecule has 0 bridgehead atoms. The van der Waals surface area contributed by atoms with Gasteiger partial charge in [0.2, 0.25) is 5.91 Å². The zero-order chi connectivity index (χ0) is 24.8. The molecule has 0 unspecified atom stereocenters. The van der Waals surface area contributed by atoms with Crippen molar-refractivity contribution >= 4 is 25.5 Å². The molecular weight excluding hydrogens is 455 g/mol. The average Bonchev–Trinajstić information content (AvgIpc) is 2.82. The Labute approximate surface area is 198 Å². The van der Waals surface area contributed by atoms with Gasteiger partial charge in [0, 0.05) is 17.7 Å². The maximum absolute atomic E-state index is 12.6. The molecule has 0 fully saturated rings. The van der Waals surface area contributed by atoms with Crippen molar-refractivity contribution in [2.24, 2.45) is 5.73 Å². The third kappa shape index (κ3) is 7.53. The maximum Gasteiger partial charge on any atom is 0.567 e. The Kier molecular flexibility index (Phi) is 8.28. The first kappa shape index (κ1) is 25.6. The topological polar surface area (TPSA) is 142 Å². The number of benzene rings is 3. The highest BCUT2D eigenvalue weighted by Gasteiger charge is 2.39. The molecular formula is C25H28N2O6P+. The van der Waals surface area contributed by atoms with E-state index in [1.165, 1.54) is 6.92 Å². The molecule has 3 aromatic carbocycles. The number of nitrogens with one attached hydrogen (secondary N) is 1. The molecule has 1 atom stereocenters. The number of Topliss-reactive ketones (excluding diaryl/α,β-unsaturated/α-hetero) is 1. The van der Waals surface area contributed by atoms with E-state index in [9.17, 15) is 9.59 Å². The Morgan fingerprint density at radius 3 is 2.09 bits per heavy atom. The molecule has 3 rings (SSSR count). The summed E-state index contributed by atoms with van der Waals surface area (Å²) in [7, 11) is -4.50. The first-order valence-corrected chi connectivity index (χ1v) is 12.2. The van der Waals surface area contributed by atoms with Crippen LogP contribution in [0.4, 0.5) is 5.69 Å². The van der Waals surface area contributed by atoms with Gasteiger partial charge in [-0.2, -0.15) is 19.2 Å². The molecule has 8 nitrogen and oxygen atoms in total. The van der Waals surface area contributed by atoms with Crippen LogP contribution in [0.5, 0.6) is 0 Å². The molecule has 6 N–H and O–H groups in total. The standard InChI is InChI=1S/C25H27N2O6P/c1-25(26,17-33-34(30,31)32)24(29)27-22-14-12-21(13-15-22)23(28)16-9-18-7-10-20(11-8-18)19-5-3-2-4-6-19/h2-8,10-15,30-32H,9,16-17,26H2,1H3/p+1/t25-/m0/s1. The summed E-state index contributed by atoms with van der Waals surface area (Å²) < 4.78 is 4.44. The lowest BCUT2D eigenvalue weighted by atomic mass is 9.99. The van der Waals surface area contributed by atoms with Crippen molar-refractivity contribution in [3.8, 4) is 11.1 Å². The van der Waals surface area contributed by atoms with E-state index in [2.05, 4.69) is 22.0 Å². The second-order valence-corrected chi connectivity index (χ2v) is 9.51. The number of amides is 1. The van der Waals surface area contributed by atoms with Crippen molar-refractivity contribution in [3.05, 3.63) is 90.0 Å². The third-order valence-electron chi connectivity index (χ3n) is 5.22. The molecule has 0 heterocycles. The fourth-order valence-electron chi connectivity index (χ4n) is 3.20. The summed E-state index contributed by atoms with van der Waals surface area (Å²) in [5.41, 5.74) is 8.47. The fraction of sp³-hybridized carbons (Fsp3) is 0.200. The third-order valence-corrected chi connectivity index (χ3v) is 5.70. The molecule has 0 spiro atoms. The lowest BCUT2D eigenvalue weighted by Crippen LogP contribution is -2.52. The monoisotopic (exact) mass is 483 g/mol. The molecule has 0 aliphatic carbocycles. The summed E-state index contributed by atoms with van der Waals surface area (Å²) in [4.78, 5) is 51.6. The van der Waals surface area contributed by atoms with Gasteiger partial charge >= 0.3 is 8.17 Å². The maximum atomic E-state index is 12.6. The molecule has 0 saturated heterocycles. The Bertz CT molecular complexity index is 1110.